The van der Waals surface area contributed by atoms with Crippen molar-refractivity contribution < 1.29 is 33.3 Å². The van der Waals surface area contributed by atoms with Crippen LogP contribution in [-0.2, 0) is 6.18 Å². The van der Waals surface area contributed by atoms with Crippen molar-refractivity contribution in [1.29, 1.82) is 0 Å². The quantitative estimate of drug-likeness (QED) is 0.623. The lowest BCUT2D eigenvalue weighted by Gasteiger charge is -2.11. The summed E-state index contributed by atoms with van der Waals surface area (Å²) in [6.07, 6.45) is -4.57. The Bertz CT molecular complexity index is 754. The van der Waals surface area contributed by atoms with Gasteiger partial charge in [0, 0.05) is 5.56 Å². The lowest BCUT2D eigenvalue weighted by atomic mass is 10.1. The fraction of sp³-hybridized carbons (Fsp3) is 0.0714. The van der Waals surface area contributed by atoms with Crippen LogP contribution in [-0.4, -0.2) is 21.2 Å². The second-order valence-corrected chi connectivity index (χ2v) is 4.92. The molecule has 2 aromatic carbocycles. The largest absolute Gasteiger partial charge is 0.504 e. The lowest BCUT2D eigenvalue weighted by Crippen LogP contribution is -2.13. The first-order chi connectivity index (χ1) is 10.6. The van der Waals surface area contributed by atoms with E-state index in [2.05, 4.69) is 5.32 Å². The number of anilines is 1. The number of benzene rings is 2. The molecule has 0 saturated heterocycles. The number of halogens is 4. The van der Waals surface area contributed by atoms with E-state index in [0.29, 0.717) is 6.07 Å². The minimum atomic E-state index is -4.57. The van der Waals surface area contributed by atoms with Gasteiger partial charge >= 0.3 is 6.18 Å². The first-order valence-electron chi connectivity index (χ1n) is 6.02. The third-order valence-electron chi connectivity index (χ3n) is 2.88. The maximum Gasteiger partial charge on any atom is 0.416 e. The van der Waals surface area contributed by atoms with Crippen LogP contribution in [0.25, 0.3) is 0 Å². The van der Waals surface area contributed by atoms with Crippen molar-refractivity contribution in [2.75, 3.05) is 5.32 Å². The predicted molar refractivity (Wildman–Crippen MR) is 75.8 cm³/mol. The molecule has 2 aromatic rings. The third kappa shape index (κ3) is 3.59. The van der Waals surface area contributed by atoms with Crippen LogP contribution in [0.4, 0.5) is 18.9 Å². The van der Waals surface area contributed by atoms with E-state index >= 15 is 0 Å². The van der Waals surface area contributed by atoms with Crippen LogP contribution < -0.4 is 5.32 Å². The summed E-state index contributed by atoms with van der Waals surface area (Å²) in [4.78, 5) is 12.0. The van der Waals surface area contributed by atoms with E-state index in [1.807, 2.05) is 0 Å². The number of carbonyl (C=O) groups is 1. The average Bonchev–Trinajstić information content (AvgIpc) is 2.45. The molecule has 23 heavy (non-hydrogen) atoms. The molecule has 9 heteroatoms. The molecule has 0 unspecified atom stereocenters. The summed E-state index contributed by atoms with van der Waals surface area (Å²) in [5, 5.41) is 29.8. The number of amides is 1. The summed E-state index contributed by atoms with van der Waals surface area (Å²) in [5.41, 5.74) is -1.29. The van der Waals surface area contributed by atoms with E-state index in [1.54, 1.807) is 0 Å². The normalized spacial score (nSPS) is 11.3. The molecular weight excluding hydrogens is 339 g/mol. The second kappa shape index (κ2) is 5.88. The van der Waals surface area contributed by atoms with Crippen molar-refractivity contribution in [3.63, 3.8) is 0 Å². The molecule has 2 rings (SSSR count). The van der Waals surface area contributed by atoms with Crippen LogP contribution in [0.1, 0.15) is 15.9 Å². The number of phenols is 3. The molecule has 1 amide bonds. The van der Waals surface area contributed by atoms with Crippen LogP contribution in [0.3, 0.4) is 0 Å². The average molecular weight is 348 g/mol. The number of alkyl halides is 3. The van der Waals surface area contributed by atoms with E-state index in [0.717, 1.165) is 24.3 Å². The minimum absolute atomic E-state index is 0.0864. The number of rotatable bonds is 2. The van der Waals surface area contributed by atoms with Crippen molar-refractivity contribution in [3.05, 3.63) is 46.5 Å². The predicted octanol–water partition coefficient (Wildman–Crippen LogP) is 3.73. The van der Waals surface area contributed by atoms with Gasteiger partial charge in [-0.25, -0.2) is 0 Å². The van der Waals surface area contributed by atoms with E-state index in [9.17, 15) is 33.3 Å². The van der Waals surface area contributed by atoms with Gasteiger partial charge < -0.3 is 20.6 Å². The Balaban J connectivity index is 2.27. The summed E-state index contributed by atoms with van der Waals surface area (Å²) < 4.78 is 37.6. The van der Waals surface area contributed by atoms with Gasteiger partial charge in [0.05, 0.1) is 16.3 Å². The highest BCUT2D eigenvalue weighted by Crippen LogP contribution is 2.36. The minimum Gasteiger partial charge on any atom is -0.504 e. The Morgan fingerprint density at radius 2 is 1.61 bits per heavy atom. The van der Waals surface area contributed by atoms with Gasteiger partial charge in [-0.1, -0.05) is 11.6 Å². The smallest absolute Gasteiger partial charge is 0.416 e. The van der Waals surface area contributed by atoms with Crippen molar-refractivity contribution >= 4 is 23.2 Å². The van der Waals surface area contributed by atoms with E-state index in [4.69, 9.17) is 11.6 Å². The molecule has 0 saturated carbocycles. The summed E-state index contributed by atoms with van der Waals surface area (Å²) in [6.45, 7) is 0. The van der Waals surface area contributed by atoms with Gasteiger partial charge in [-0.3, -0.25) is 4.79 Å². The molecule has 0 aromatic heterocycles. The van der Waals surface area contributed by atoms with Crippen molar-refractivity contribution in [3.8, 4) is 17.2 Å². The number of phenolic OH excluding ortho intramolecular Hbond substituents is 3. The van der Waals surface area contributed by atoms with Gasteiger partial charge in [0.25, 0.3) is 5.91 Å². The molecule has 0 aliphatic rings. The molecule has 0 heterocycles. The van der Waals surface area contributed by atoms with Crippen LogP contribution in [0.15, 0.2) is 30.3 Å². The standard InChI is InChI=1S/C14H9ClF3NO4/c15-8-5-7(14(16,17)18)1-2-9(8)19-13(23)6-3-10(20)12(22)11(21)4-6/h1-5,20-22H,(H,19,23). The molecule has 0 fully saturated rings. The first kappa shape index (κ1) is 16.8. The summed E-state index contributed by atoms with van der Waals surface area (Å²) >= 11 is 5.70. The van der Waals surface area contributed by atoms with Gasteiger partial charge in [-0.15, -0.1) is 0 Å². The molecule has 0 bridgehead atoms. The zero-order valence-electron chi connectivity index (χ0n) is 11.1. The maximum atomic E-state index is 12.5. The number of hydrogen-bond donors (Lipinski definition) is 4. The van der Waals surface area contributed by atoms with Crippen LogP contribution in [0, 0.1) is 0 Å². The highest BCUT2D eigenvalue weighted by molar-refractivity contribution is 6.34. The number of hydrogen-bond acceptors (Lipinski definition) is 4. The summed E-state index contributed by atoms with van der Waals surface area (Å²) in [6, 6.07) is 4.13. The van der Waals surface area contributed by atoms with Gasteiger partial charge in [0.2, 0.25) is 0 Å². The van der Waals surface area contributed by atoms with E-state index in [1.165, 1.54) is 0 Å². The molecule has 0 aliphatic heterocycles. The second-order valence-electron chi connectivity index (χ2n) is 4.51. The topological polar surface area (TPSA) is 89.8 Å². The van der Waals surface area contributed by atoms with Gasteiger partial charge in [0.15, 0.2) is 17.2 Å². The van der Waals surface area contributed by atoms with E-state index in [-0.39, 0.29) is 16.3 Å². The van der Waals surface area contributed by atoms with Crippen LogP contribution in [0.2, 0.25) is 5.02 Å². The van der Waals surface area contributed by atoms with Crippen LogP contribution in [0.5, 0.6) is 17.2 Å². The third-order valence-corrected chi connectivity index (χ3v) is 3.19. The molecule has 4 N–H and O–H groups in total. The lowest BCUT2D eigenvalue weighted by molar-refractivity contribution is -0.137. The van der Waals surface area contributed by atoms with Gasteiger partial charge in [-0.05, 0) is 30.3 Å². The molecule has 0 aliphatic carbocycles. The fourth-order valence-corrected chi connectivity index (χ4v) is 1.95. The Kier molecular flexibility index (Phi) is 4.28. The fourth-order valence-electron chi connectivity index (χ4n) is 1.72. The monoisotopic (exact) mass is 347 g/mol. The molecular formula is C14H9ClF3NO4. The Morgan fingerprint density at radius 3 is 2.09 bits per heavy atom. The number of nitrogens with one attached hydrogen (secondary N) is 1. The molecule has 0 spiro atoms. The highest BCUT2D eigenvalue weighted by atomic mass is 35.5. The number of aromatic hydroxyl groups is 3. The van der Waals surface area contributed by atoms with Crippen molar-refractivity contribution in [2.24, 2.45) is 0 Å². The van der Waals surface area contributed by atoms with E-state index < -0.39 is 34.9 Å². The first-order valence-corrected chi connectivity index (χ1v) is 6.40. The molecule has 0 atom stereocenters. The Hall–Kier alpha value is -2.61. The number of carbonyl (C=O) groups excluding carboxylic acids is 1. The van der Waals surface area contributed by atoms with Crippen molar-refractivity contribution in [2.45, 2.75) is 6.18 Å². The maximum absolute atomic E-state index is 12.5. The van der Waals surface area contributed by atoms with Gasteiger partial charge in [0.1, 0.15) is 0 Å². The molecule has 0 radical (unpaired) electrons. The van der Waals surface area contributed by atoms with Crippen LogP contribution >= 0.6 is 11.6 Å². The zero-order valence-corrected chi connectivity index (χ0v) is 11.9. The molecule has 122 valence electrons. The van der Waals surface area contributed by atoms with Crippen molar-refractivity contribution in [1.82, 2.24) is 0 Å². The summed E-state index contributed by atoms with van der Waals surface area (Å²) in [7, 11) is 0. The molecule has 5 nitrogen and oxygen atoms in total. The zero-order chi connectivity index (χ0) is 17.4. The Labute approximate surface area is 132 Å². The Morgan fingerprint density at radius 1 is 1.04 bits per heavy atom. The summed E-state index contributed by atoms with van der Waals surface area (Å²) in [5.74, 6) is -3.10. The highest BCUT2D eigenvalue weighted by Gasteiger charge is 2.31. The van der Waals surface area contributed by atoms with Gasteiger partial charge in [-0.2, -0.15) is 13.2 Å². The SMILES string of the molecule is O=C(Nc1ccc(C(F)(F)F)cc1Cl)c1cc(O)c(O)c(O)c1.